The first-order chi connectivity index (χ1) is 19.1. The Morgan fingerprint density at radius 3 is 1.86 bits per heavy atom. The summed E-state index contributed by atoms with van der Waals surface area (Å²) >= 11 is 1.84. The van der Waals surface area contributed by atoms with Crippen molar-refractivity contribution in [3.8, 4) is 0 Å². The maximum Gasteiger partial charge on any atom is 0.221 e. The summed E-state index contributed by atoms with van der Waals surface area (Å²) in [6.07, 6.45) is -0.394. The van der Waals surface area contributed by atoms with Crippen LogP contribution < -0.4 is 0 Å². The molecule has 2 heterocycles. The summed E-state index contributed by atoms with van der Waals surface area (Å²) < 4.78 is 34.0. The number of aryl methyl sites for hydroxylation is 1. The van der Waals surface area contributed by atoms with Gasteiger partial charge in [-0.2, -0.15) is 0 Å². The van der Waals surface area contributed by atoms with Gasteiger partial charge in [-0.25, -0.2) is 0 Å². The molecule has 1 unspecified atom stereocenters. The van der Waals surface area contributed by atoms with E-state index in [0.717, 1.165) is 18.4 Å². The predicted octanol–water partition coefficient (Wildman–Crippen LogP) is 7.96. The van der Waals surface area contributed by atoms with E-state index in [0.29, 0.717) is 12.2 Å². The Morgan fingerprint density at radius 1 is 0.762 bits per heavy atom. The number of benzene rings is 1. The highest BCUT2D eigenvalue weighted by Crippen LogP contribution is 2.43. The van der Waals surface area contributed by atoms with Gasteiger partial charge >= 0.3 is 0 Å². The van der Waals surface area contributed by atoms with E-state index in [1.54, 1.807) is 0 Å². The molecule has 0 spiro atoms. The van der Waals surface area contributed by atoms with Gasteiger partial charge in [-0.1, -0.05) is 25.1 Å². The van der Waals surface area contributed by atoms with E-state index in [1.807, 2.05) is 23.5 Å². The van der Waals surface area contributed by atoms with Gasteiger partial charge in [0.25, 0.3) is 0 Å². The molecule has 3 rings (SSSR count). The highest BCUT2D eigenvalue weighted by Gasteiger charge is 2.59. The summed E-state index contributed by atoms with van der Waals surface area (Å²) in [7, 11) is -8.26. The zero-order valence-corrected chi connectivity index (χ0v) is 33.1. The van der Waals surface area contributed by atoms with E-state index >= 15 is 0 Å². The van der Waals surface area contributed by atoms with E-state index in [2.05, 4.69) is 110 Å². The first-order valence-electron chi connectivity index (χ1n) is 15.3. The molecule has 0 bridgehead atoms. The van der Waals surface area contributed by atoms with Crippen LogP contribution in [0.2, 0.25) is 78.6 Å². The lowest BCUT2D eigenvalue weighted by molar-refractivity contribution is -0.348. The Balaban J connectivity index is 2.16. The fourth-order valence-electron chi connectivity index (χ4n) is 5.09. The summed E-state index contributed by atoms with van der Waals surface area (Å²) in [5, 5.41) is 12.8. The molecule has 42 heavy (non-hydrogen) atoms. The summed E-state index contributed by atoms with van der Waals surface area (Å²) in [6.45, 7) is 28.5. The molecule has 1 aliphatic heterocycles. The van der Waals surface area contributed by atoms with Crippen LogP contribution in [-0.2, 0) is 41.1 Å². The third kappa shape index (κ3) is 10.6. The lowest BCUT2D eigenvalue weighted by Crippen LogP contribution is -2.69. The number of aliphatic hydroxyl groups is 1. The van der Waals surface area contributed by atoms with Crippen molar-refractivity contribution in [2.24, 2.45) is 0 Å². The van der Waals surface area contributed by atoms with Crippen LogP contribution >= 0.6 is 11.3 Å². The van der Waals surface area contributed by atoms with E-state index in [4.69, 9.17) is 22.4 Å². The SMILES string of the molecule is CCc1ccc(Cc2cccc(C3(O)O[C@H](CO[Si](C)(C)C)[C@@H](O[Si](C)(C)C)[C@H](O[Si](C)(C)C)[C@H]3O[Si](C)(C)C)c2)s1. The monoisotopic (exact) mass is 668 g/mol. The number of hydrogen-bond acceptors (Lipinski definition) is 7. The molecule has 2 aromatic rings. The molecule has 1 fully saturated rings. The Hall–Kier alpha value is -0.452. The third-order valence-electron chi connectivity index (χ3n) is 6.63. The second-order valence-electron chi connectivity index (χ2n) is 15.4. The number of rotatable bonds is 13. The molecule has 1 N–H and O–H groups in total. The maximum atomic E-state index is 12.8. The Morgan fingerprint density at radius 2 is 1.33 bits per heavy atom. The molecule has 1 saturated heterocycles. The summed E-state index contributed by atoms with van der Waals surface area (Å²) in [6, 6.07) is 12.6. The highest BCUT2D eigenvalue weighted by atomic mass is 32.1. The largest absolute Gasteiger partial charge is 0.415 e. The number of hydrogen-bond donors (Lipinski definition) is 1. The van der Waals surface area contributed by atoms with E-state index in [-0.39, 0.29) is 0 Å². The van der Waals surface area contributed by atoms with Crippen LogP contribution in [0.25, 0.3) is 0 Å². The molecule has 1 aromatic heterocycles. The zero-order chi connectivity index (χ0) is 31.7. The van der Waals surface area contributed by atoms with Crippen molar-refractivity contribution in [2.75, 3.05) is 6.61 Å². The minimum Gasteiger partial charge on any atom is -0.415 e. The highest BCUT2D eigenvalue weighted by molar-refractivity contribution is 7.12. The minimum absolute atomic E-state index is 0.326. The molecule has 238 valence electrons. The molecule has 0 radical (unpaired) electrons. The second kappa shape index (κ2) is 13.5. The second-order valence-corrected chi connectivity index (χ2v) is 34.6. The van der Waals surface area contributed by atoms with Crippen LogP contribution in [0.15, 0.2) is 36.4 Å². The van der Waals surface area contributed by atoms with Crippen molar-refractivity contribution in [3.63, 3.8) is 0 Å². The van der Waals surface area contributed by atoms with Gasteiger partial charge in [0.1, 0.15) is 24.4 Å². The smallest absolute Gasteiger partial charge is 0.221 e. The van der Waals surface area contributed by atoms with Crippen LogP contribution in [0.1, 0.15) is 27.8 Å². The molecule has 5 atom stereocenters. The first-order valence-corrected chi connectivity index (χ1v) is 29.8. The lowest BCUT2D eigenvalue weighted by Gasteiger charge is -2.54. The molecule has 6 nitrogen and oxygen atoms in total. The standard InChI is InChI=1S/C31H56O6SSi4/c1-14-25-18-19-26(38-25)21-23-16-15-17-24(20-23)31(32)30(37-42(11,12)13)29(36-41(8,9)10)28(35-40(5,6)7)27(34-31)22-33-39(2,3)4/h15-20,27-30,32H,14,21-22H2,1-13H3/t27-,28-,29+,30-,31?/m1/s1. The van der Waals surface area contributed by atoms with Gasteiger partial charge in [0.15, 0.2) is 33.3 Å². The predicted molar refractivity (Wildman–Crippen MR) is 186 cm³/mol. The van der Waals surface area contributed by atoms with Crippen LogP contribution in [0.4, 0.5) is 0 Å². The molecule has 1 aromatic carbocycles. The van der Waals surface area contributed by atoms with Crippen molar-refractivity contribution in [1.29, 1.82) is 0 Å². The summed E-state index contributed by atoms with van der Waals surface area (Å²) in [4.78, 5) is 2.68. The van der Waals surface area contributed by atoms with Crippen LogP contribution in [0, 0.1) is 0 Å². The molecule has 0 amide bonds. The number of ether oxygens (including phenoxy) is 1. The lowest BCUT2D eigenvalue weighted by atomic mass is 9.87. The van der Waals surface area contributed by atoms with Crippen LogP contribution in [0.5, 0.6) is 0 Å². The summed E-state index contributed by atoms with van der Waals surface area (Å²) in [5.41, 5.74) is 1.81. The van der Waals surface area contributed by atoms with Crippen molar-refractivity contribution in [3.05, 3.63) is 57.3 Å². The van der Waals surface area contributed by atoms with Crippen molar-refractivity contribution < 1.29 is 27.5 Å². The fourth-order valence-corrected chi connectivity index (χ4v) is 9.98. The van der Waals surface area contributed by atoms with Gasteiger partial charge in [0.2, 0.25) is 5.79 Å². The Labute approximate surface area is 263 Å². The van der Waals surface area contributed by atoms with E-state index in [1.165, 1.54) is 9.75 Å². The third-order valence-corrected chi connectivity index (χ3v) is 11.8. The molecular formula is C31H56O6SSi4. The van der Waals surface area contributed by atoms with Gasteiger partial charge in [-0.05, 0) is 109 Å². The zero-order valence-electron chi connectivity index (χ0n) is 28.3. The Kier molecular flexibility index (Phi) is 11.6. The summed E-state index contributed by atoms with van der Waals surface area (Å²) in [5.74, 6) is -1.74. The molecule has 0 aliphatic carbocycles. The van der Waals surface area contributed by atoms with Gasteiger partial charge in [-0.3, -0.25) is 0 Å². The Bertz CT molecular complexity index is 1160. The van der Waals surface area contributed by atoms with Crippen LogP contribution in [-0.4, -0.2) is 69.4 Å². The normalized spacial score (nSPS) is 26.0. The van der Waals surface area contributed by atoms with Crippen LogP contribution in [0.3, 0.4) is 0 Å². The quantitative estimate of drug-likeness (QED) is 0.219. The van der Waals surface area contributed by atoms with Crippen molar-refractivity contribution in [2.45, 2.75) is 129 Å². The van der Waals surface area contributed by atoms with E-state index < -0.39 is 63.5 Å². The first kappa shape index (κ1) is 36.0. The molecular weight excluding hydrogens is 613 g/mol. The average molecular weight is 669 g/mol. The topological polar surface area (TPSA) is 66.4 Å². The average Bonchev–Trinajstić information content (AvgIpc) is 3.27. The van der Waals surface area contributed by atoms with Gasteiger partial charge < -0.3 is 27.5 Å². The van der Waals surface area contributed by atoms with Gasteiger partial charge in [-0.15, -0.1) is 11.3 Å². The molecule has 1 aliphatic rings. The fraction of sp³-hybridized carbons (Fsp3) is 0.677. The number of thiophene rings is 1. The molecule has 0 saturated carbocycles. The maximum absolute atomic E-state index is 12.8. The van der Waals surface area contributed by atoms with Crippen molar-refractivity contribution >= 4 is 44.6 Å². The molecule has 11 heteroatoms. The minimum atomic E-state index is -2.19. The van der Waals surface area contributed by atoms with E-state index in [9.17, 15) is 5.11 Å². The van der Waals surface area contributed by atoms with Crippen molar-refractivity contribution in [1.82, 2.24) is 0 Å². The van der Waals surface area contributed by atoms with Gasteiger partial charge in [0.05, 0.1) is 6.61 Å². The van der Waals surface area contributed by atoms with Gasteiger partial charge in [0, 0.05) is 21.7 Å².